The molecule has 1 N–H and O–H groups in total. The average molecular weight is 260 g/mol. The number of fused-ring (bicyclic) bond motifs is 1. The third kappa shape index (κ3) is 2.63. The molecule has 19 heavy (non-hydrogen) atoms. The summed E-state index contributed by atoms with van der Waals surface area (Å²) in [6.45, 7) is 1.17. The van der Waals surface area contributed by atoms with Crippen LogP contribution in [0.5, 0.6) is 0 Å². The quantitative estimate of drug-likeness (QED) is 0.669. The van der Waals surface area contributed by atoms with Gasteiger partial charge in [0, 0.05) is 18.2 Å². The Kier molecular flexibility index (Phi) is 3.51. The van der Waals surface area contributed by atoms with Crippen molar-refractivity contribution in [2.45, 2.75) is 38.1 Å². The second-order valence-electron chi connectivity index (χ2n) is 5.84. The molecule has 1 aliphatic carbocycles. The van der Waals surface area contributed by atoms with Crippen LogP contribution in [0.4, 0.5) is 5.69 Å². The maximum Gasteiger partial charge on any atom is 0.269 e. The fourth-order valence-electron chi connectivity index (χ4n) is 3.77. The molecule has 4 nitrogen and oxygen atoms in total. The molecule has 1 aromatic carbocycles. The van der Waals surface area contributed by atoms with E-state index in [0.29, 0.717) is 6.04 Å². The molecule has 0 aromatic heterocycles. The van der Waals surface area contributed by atoms with Crippen LogP contribution in [0.3, 0.4) is 0 Å². The van der Waals surface area contributed by atoms with E-state index in [2.05, 4.69) is 5.32 Å². The van der Waals surface area contributed by atoms with Gasteiger partial charge in [-0.05, 0) is 49.6 Å². The Hall–Kier alpha value is -1.42. The minimum atomic E-state index is -0.315. The molecule has 0 radical (unpaired) electrons. The lowest BCUT2D eigenvalue weighted by Gasteiger charge is -2.17. The summed E-state index contributed by atoms with van der Waals surface area (Å²) >= 11 is 0. The number of nitro benzene ring substituents is 1. The maximum absolute atomic E-state index is 10.8. The van der Waals surface area contributed by atoms with Crippen molar-refractivity contribution in [1.29, 1.82) is 0 Å². The first-order valence-corrected chi connectivity index (χ1v) is 7.21. The number of nitro groups is 1. The number of non-ortho nitro benzene ring substituents is 1. The molecule has 3 atom stereocenters. The van der Waals surface area contributed by atoms with Crippen LogP contribution in [0.25, 0.3) is 0 Å². The Morgan fingerprint density at radius 2 is 2.26 bits per heavy atom. The van der Waals surface area contributed by atoms with Crippen LogP contribution in [-0.2, 0) is 6.42 Å². The van der Waals surface area contributed by atoms with Crippen molar-refractivity contribution in [2.24, 2.45) is 11.8 Å². The minimum absolute atomic E-state index is 0.204. The number of nitrogens with zero attached hydrogens (tertiary/aromatic N) is 1. The smallest absolute Gasteiger partial charge is 0.269 e. The fraction of sp³-hybridized carbons (Fsp3) is 0.600. The summed E-state index contributed by atoms with van der Waals surface area (Å²) in [4.78, 5) is 10.4. The van der Waals surface area contributed by atoms with E-state index in [4.69, 9.17) is 0 Å². The van der Waals surface area contributed by atoms with Gasteiger partial charge >= 0.3 is 0 Å². The van der Waals surface area contributed by atoms with Crippen molar-refractivity contribution in [3.63, 3.8) is 0 Å². The van der Waals surface area contributed by atoms with Crippen molar-refractivity contribution in [3.8, 4) is 0 Å². The van der Waals surface area contributed by atoms with Crippen molar-refractivity contribution < 1.29 is 4.92 Å². The summed E-state index contributed by atoms with van der Waals surface area (Å²) in [7, 11) is 0. The minimum Gasteiger partial charge on any atom is -0.313 e. The predicted octanol–water partition coefficient (Wildman–Crippen LogP) is 2.92. The molecule has 0 bridgehead atoms. The van der Waals surface area contributed by atoms with Gasteiger partial charge in [0.15, 0.2) is 0 Å². The zero-order valence-electron chi connectivity index (χ0n) is 11.0. The summed E-state index contributed by atoms with van der Waals surface area (Å²) in [6, 6.07) is 7.67. The number of aryl methyl sites for hydroxylation is 1. The highest BCUT2D eigenvalue weighted by molar-refractivity contribution is 5.34. The number of hydrogen-bond donors (Lipinski definition) is 1. The summed E-state index contributed by atoms with van der Waals surface area (Å²) < 4.78 is 0. The summed E-state index contributed by atoms with van der Waals surface area (Å²) in [5.41, 5.74) is 1.29. The largest absolute Gasteiger partial charge is 0.313 e. The molecule has 0 spiro atoms. The van der Waals surface area contributed by atoms with E-state index >= 15 is 0 Å². The van der Waals surface area contributed by atoms with Crippen molar-refractivity contribution in [3.05, 3.63) is 39.9 Å². The standard InChI is InChI=1S/C15H20N2O2/c18-17(19)13-5-1-3-11(9-13)7-8-15-14-6-2-4-12(14)10-16-15/h1,3,5,9,12,14-16H,2,4,6-8,10H2. The number of benzene rings is 1. The highest BCUT2D eigenvalue weighted by atomic mass is 16.6. The van der Waals surface area contributed by atoms with Crippen molar-refractivity contribution >= 4 is 5.69 Å². The van der Waals surface area contributed by atoms with Gasteiger partial charge in [-0.2, -0.15) is 0 Å². The van der Waals surface area contributed by atoms with Crippen LogP contribution in [0.15, 0.2) is 24.3 Å². The first-order valence-electron chi connectivity index (χ1n) is 7.21. The van der Waals surface area contributed by atoms with Gasteiger partial charge in [-0.1, -0.05) is 18.6 Å². The zero-order valence-corrected chi connectivity index (χ0v) is 11.0. The van der Waals surface area contributed by atoms with Crippen molar-refractivity contribution in [1.82, 2.24) is 5.32 Å². The second-order valence-corrected chi connectivity index (χ2v) is 5.84. The Balaban J connectivity index is 1.60. The van der Waals surface area contributed by atoms with E-state index in [0.717, 1.165) is 30.2 Å². The first kappa shape index (κ1) is 12.6. The summed E-state index contributed by atoms with van der Waals surface area (Å²) in [6.07, 6.45) is 6.15. The van der Waals surface area contributed by atoms with Crippen LogP contribution in [0.2, 0.25) is 0 Å². The Morgan fingerprint density at radius 1 is 1.37 bits per heavy atom. The summed E-state index contributed by atoms with van der Waals surface area (Å²) in [5, 5.41) is 14.4. The van der Waals surface area contributed by atoms with Gasteiger partial charge in [0.25, 0.3) is 5.69 Å². The average Bonchev–Trinajstić information content (AvgIpc) is 3.00. The number of rotatable bonds is 4. The lowest BCUT2D eigenvalue weighted by Crippen LogP contribution is -2.27. The fourth-order valence-corrected chi connectivity index (χ4v) is 3.77. The molecule has 1 saturated carbocycles. The predicted molar refractivity (Wildman–Crippen MR) is 74.0 cm³/mol. The molecule has 2 fully saturated rings. The summed E-state index contributed by atoms with van der Waals surface area (Å²) in [5.74, 6) is 1.73. The van der Waals surface area contributed by atoms with Gasteiger partial charge < -0.3 is 5.32 Å². The van der Waals surface area contributed by atoms with Crippen LogP contribution < -0.4 is 5.32 Å². The molecule has 2 aliphatic rings. The molecule has 3 unspecified atom stereocenters. The van der Waals surface area contributed by atoms with Crippen LogP contribution in [0.1, 0.15) is 31.2 Å². The molecular formula is C15H20N2O2. The van der Waals surface area contributed by atoms with E-state index in [1.165, 1.54) is 25.8 Å². The Bertz CT molecular complexity index is 475. The lowest BCUT2D eigenvalue weighted by atomic mass is 9.90. The monoisotopic (exact) mass is 260 g/mol. The Morgan fingerprint density at radius 3 is 3.11 bits per heavy atom. The SMILES string of the molecule is O=[N+]([O-])c1cccc(CCC2NCC3CCCC32)c1. The van der Waals surface area contributed by atoms with Gasteiger partial charge in [0.2, 0.25) is 0 Å². The maximum atomic E-state index is 10.8. The highest BCUT2D eigenvalue weighted by Crippen LogP contribution is 2.39. The van der Waals surface area contributed by atoms with Crippen LogP contribution in [-0.4, -0.2) is 17.5 Å². The molecule has 1 aromatic rings. The highest BCUT2D eigenvalue weighted by Gasteiger charge is 2.38. The zero-order chi connectivity index (χ0) is 13.2. The van der Waals surface area contributed by atoms with Gasteiger partial charge in [-0.3, -0.25) is 10.1 Å². The third-order valence-corrected chi connectivity index (χ3v) is 4.74. The molecule has 1 aliphatic heterocycles. The van der Waals surface area contributed by atoms with Crippen LogP contribution in [0, 0.1) is 22.0 Å². The molecule has 102 valence electrons. The van der Waals surface area contributed by atoms with Gasteiger partial charge in [0.1, 0.15) is 0 Å². The third-order valence-electron chi connectivity index (χ3n) is 4.74. The number of nitrogens with one attached hydrogen (secondary N) is 1. The van der Waals surface area contributed by atoms with E-state index in [-0.39, 0.29) is 10.6 Å². The normalized spacial score (nSPS) is 29.4. The van der Waals surface area contributed by atoms with E-state index < -0.39 is 0 Å². The Labute approximate surface area is 113 Å². The first-order chi connectivity index (χ1) is 9.24. The van der Waals surface area contributed by atoms with E-state index in [1.54, 1.807) is 18.2 Å². The molecule has 1 heterocycles. The lowest BCUT2D eigenvalue weighted by molar-refractivity contribution is -0.384. The molecule has 3 rings (SSSR count). The van der Waals surface area contributed by atoms with Gasteiger partial charge in [0.05, 0.1) is 4.92 Å². The topological polar surface area (TPSA) is 55.2 Å². The van der Waals surface area contributed by atoms with Crippen LogP contribution >= 0.6 is 0 Å². The van der Waals surface area contributed by atoms with Gasteiger partial charge in [-0.25, -0.2) is 0 Å². The number of hydrogen-bond acceptors (Lipinski definition) is 3. The molecular weight excluding hydrogens is 240 g/mol. The second kappa shape index (κ2) is 5.29. The molecule has 1 saturated heterocycles. The van der Waals surface area contributed by atoms with E-state index in [9.17, 15) is 10.1 Å². The van der Waals surface area contributed by atoms with Crippen molar-refractivity contribution in [2.75, 3.05) is 6.54 Å². The molecule has 0 amide bonds. The van der Waals surface area contributed by atoms with Gasteiger partial charge in [-0.15, -0.1) is 0 Å². The van der Waals surface area contributed by atoms with E-state index in [1.807, 2.05) is 6.07 Å². The molecule has 4 heteroatoms.